The van der Waals surface area contributed by atoms with Crippen molar-refractivity contribution in [2.24, 2.45) is 11.8 Å². The predicted molar refractivity (Wildman–Crippen MR) is 116 cm³/mol. The fraction of sp³-hybridized carbons (Fsp3) is 0.520. The summed E-state index contributed by atoms with van der Waals surface area (Å²) in [6.45, 7) is 14.2. The summed E-state index contributed by atoms with van der Waals surface area (Å²) in [5, 5.41) is 0. The van der Waals surface area contributed by atoms with Gasteiger partial charge in [-0.3, -0.25) is 4.79 Å². The Morgan fingerprint density at radius 2 is 1.88 bits per heavy atom. The third kappa shape index (κ3) is 3.96. The maximum atomic E-state index is 13.1. The van der Waals surface area contributed by atoms with Gasteiger partial charge >= 0.3 is 17.9 Å². The van der Waals surface area contributed by atoms with Gasteiger partial charge in [0.1, 0.15) is 12.2 Å². The SMILES string of the molecule is C=C1CC(=O)C2=C(C)C[C@H](OC(=O)/C(C)=C/C)C3[C@@H](OC(=O)[C@@]3(C)OC(=O)C=C(C)C)C12. The normalized spacial score (nSPS) is 32.1. The second kappa shape index (κ2) is 8.52. The van der Waals surface area contributed by atoms with Gasteiger partial charge in [-0.15, -0.1) is 0 Å². The van der Waals surface area contributed by atoms with Gasteiger partial charge in [0, 0.05) is 36.0 Å². The molecular formula is C25H30O7. The summed E-state index contributed by atoms with van der Waals surface area (Å²) in [6.07, 6.45) is 1.65. The topological polar surface area (TPSA) is 96.0 Å². The number of rotatable bonds is 4. The molecule has 0 radical (unpaired) electrons. The Kier molecular flexibility index (Phi) is 6.31. The molecule has 0 N–H and O–H groups in total. The molecular weight excluding hydrogens is 412 g/mol. The van der Waals surface area contributed by atoms with Crippen LogP contribution in [0, 0.1) is 11.8 Å². The van der Waals surface area contributed by atoms with E-state index in [1.807, 2.05) is 6.92 Å². The first kappa shape index (κ1) is 23.7. The fourth-order valence-electron chi connectivity index (χ4n) is 4.88. The third-order valence-electron chi connectivity index (χ3n) is 6.51. The molecule has 32 heavy (non-hydrogen) atoms. The summed E-state index contributed by atoms with van der Waals surface area (Å²) in [5.41, 5.74) is 1.39. The first-order chi connectivity index (χ1) is 14.9. The van der Waals surface area contributed by atoms with Crippen molar-refractivity contribution >= 4 is 23.7 Å². The highest BCUT2D eigenvalue weighted by molar-refractivity contribution is 6.02. The Bertz CT molecular complexity index is 992. The van der Waals surface area contributed by atoms with E-state index in [0.29, 0.717) is 22.3 Å². The van der Waals surface area contributed by atoms with Crippen LogP contribution in [-0.2, 0) is 33.4 Å². The number of ether oxygens (including phenoxy) is 3. The largest absolute Gasteiger partial charge is 0.458 e. The smallest absolute Gasteiger partial charge is 0.351 e. The molecule has 0 spiro atoms. The molecule has 7 nitrogen and oxygen atoms in total. The first-order valence-corrected chi connectivity index (χ1v) is 10.7. The van der Waals surface area contributed by atoms with Gasteiger partial charge < -0.3 is 14.2 Å². The molecule has 0 bridgehead atoms. The minimum absolute atomic E-state index is 0.0703. The molecule has 1 saturated heterocycles. The number of esters is 3. The summed E-state index contributed by atoms with van der Waals surface area (Å²) >= 11 is 0. The van der Waals surface area contributed by atoms with Crippen LogP contribution in [-0.4, -0.2) is 41.5 Å². The van der Waals surface area contributed by atoms with Crippen LogP contribution < -0.4 is 0 Å². The highest BCUT2D eigenvalue weighted by Gasteiger charge is 2.65. The summed E-state index contributed by atoms with van der Waals surface area (Å²) in [6, 6.07) is 0. The summed E-state index contributed by atoms with van der Waals surface area (Å²) in [5.74, 6) is -3.35. The lowest BCUT2D eigenvalue weighted by Crippen LogP contribution is -2.50. The van der Waals surface area contributed by atoms with E-state index < -0.39 is 47.6 Å². The van der Waals surface area contributed by atoms with E-state index in [4.69, 9.17) is 14.2 Å². The van der Waals surface area contributed by atoms with E-state index in [0.717, 1.165) is 5.57 Å². The van der Waals surface area contributed by atoms with Crippen LogP contribution in [0.15, 0.2) is 46.6 Å². The van der Waals surface area contributed by atoms with Crippen molar-refractivity contribution in [3.05, 3.63) is 46.6 Å². The lowest BCUT2D eigenvalue weighted by atomic mass is 9.77. The second-order valence-corrected chi connectivity index (χ2v) is 9.19. The molecule has 2 unspecified atom stereocenters. The second-order valence-electron chi connectivity index (χ2n) is 9.19. The standard InChI is InChI=1S/C25H30O7/c1-8-13(4)23(28)30-17-11-15(6)19-16(26)10-14(5)20(19)22-21(17)25(7,24(29)31-22)32-18(27)9-12(2)3/h8-9,17,20-22H,5,10-11H2,1-4,6-7H3/b13-8+/t17-,20?,21?,22-,25-/m0/s1. The van der Waals surface area contributed by atoms with E-state index in [1.54, 1.807) is 33.8 Å². The molecule has 172 valence electrons. The van der Waals surface area contributed by atoms with Gasteiger partial charge in [0.05, 0.1) is 5.92 Å². The van der Waals surface area contributed by atoms with Crippen LogP contribution in [0.3, 0.4) is 0 Å². The molecule has 3 aliphatic rings. The molecule has 3 rings (SSSR count). The monoisotopic (exact) mass is 442 g/mol. The molecule has 5 atom stereocenters. The highest BCUT2D eigenvalue weighted by Crippen LogP contribution is 2.52. The third-order valence-corrected chi connectivity index (χ3v) is 6.51. The predicted octanol–water partition coefficient (Wildman–Crippen LogP) is 3.54. The van der Waals surface area contributed by atoms with Gasteiger partial charge in [-0.25, -0.2) is 14.4 Å². The number of allylic oxidation sites excluding steroid dienone is 2. The first-order valence-electron chi connectivity index (χ1n) is 10.7. The fourth-order valence-corrected chi connectivity index (χ4v) is 4.88. The van der Waals surface area contributed by atoms with Crippen molar-refractivity contribution in [2.75, 3.05) is 0 Å². The Morgan fingerprint density at radius 1 is 1.22 bits per heavy atom. The van der Waals surface area contributed by atoms with Crippen molar-refractivity contribution in [1.82, 2.24) is 0 Å². The van der Waals surface area contributed by atoms with Crippen molar-refractivity contribution < 1.29 is 33.4 Å². The lowest BCUT2D eigenvalue weighted by molar-refractivity contribution is -0.174. The molecule has 0 aromatic rings. The van der Waals surface area contributed by atoms with Crippen LogP contribution in [0.2, 0.25) is 0 Å². The average molecular weight is 443 g/mol. The molecule has 2 fully saturated rings. The zero-order chi connectivity index (χ0) is 24.0. The summed E-state index contributed by atoms with van der Waals surface area (Å²) in [4.78, 5) is 51.0. The Labute approximate surface area is 188 Å². The Hall–Kier alpha value is -2.96. The van der Waals surface area contributed by atoms with Gasteiger partial charge in [0.15, 0.2) is 5.78 Å². The van der Waals surface area contributed by atoms with Gasteiger partial charge in [-0.2, -0.15) is 0 Å². The van der Waals surface area contributed by atoms with Crippen molar-refractivity contribution in [3.63, 3.8) is 0 Å². The van der Waals surface area contributed by atoms with Crippen LogP contribution in [0.5, 0.6) is 0 Å². The van der Waals surface area contributed by atoms with Gasteiger partial charge in [0.25, 0.3) is 0 Å². The quantitative estimate of drug-likeness (QED) is 0.284. The number of carbonyl (C=O) groups excluding carboxylic acids is 4. The zero-order valence-corrected chi connectivity index (χ0v) is 19.4. The maximum absolute atomic E-state index is 13.1. The zero-order valence-electron chi connectivity index (χ0n) is 19.4. The van der Waals surface area contributed by atoms with Gasteiger partial charge in [-0.1, -0.05) is 29.4 Å². The number of carbonyl (C=O) groups is 4. The number of hydrogen-bond donors (Lipinski definition) is 0. The number of fused-ring (bicyclic) bond motifs is 3. The van der Waals surface area contributed by atoms with Crippen molar-refractivity contribution in [3.8, 4) is 0 Å². The van der Waals surface area contributed by atoms with Crippen molar-refractivity contribution in [1.29, 1.82) is 0 Å². The molecule has 0 amide bonds. The molecule has 1 aliphatic heterocycles. The molecule has 1 heterocycles. The van der Waals surface area contributed by atoms with E-state index in [-0.39, 0.29) is 18.6 Å². The molecule has 1 saturated carbocycles. The minimum Gasteiger partial charge on any atom is -0.458 e. The number of Topliss-reactive ketones (excluding diaryl/α,β-unsaturated/α-hetero) is 1. The van der Waals surface area contributed by atoms with Crippen LogP contribution >= 0.6 is 0 Å². The summed E-state index contributed by atoms with van der Waals surface area (Å²) < 4.78 is 17.2. The van der Waals surface area contributed by atoms with E-state index in [1.165, 1.54) is 13.0 Å². The van der Waals surface area contributed by atoms with Crippen LogP contribution in [0.4, 0.5) is 0 Å². The van der Waals surface area contributed by atoms with Crippen molar-refractivity contribution in [2.45, 2.75) is 72.2 Å². The molecule has 2 aliphatic carbocycles. The van der Waals surface area contributed by atoms with E-state index in [2.05, 4.69) is 6.58 Å². The van der Waals surface area contributed by atoms with E-state index >= 15 is 0 Å². The maximum Gasteiger partial charge on any atom is 0.351 e. The van der Waals surface area contributed by atoms with Crippen LogP contribution in [0.1, 0.15) is 54.4 Å². The molecule has 0 aromatic heterocycles. The minimum atomic E-state index is -1.69. The number of ketones is 1. The summed E-state index contributed by atoms with van der Waals surface area (Å²) in [7, 11) is 0. The average Bonchev–Trinajstić information content (AvgIpc) is 3.06. The molecule has 7 heteroatoms. The Balaban J connectivity index is 2.11. The van der Waals surface area contributed by atoms with Gasteiger partial charge in [0.2, 0.25) is 5.60 Å². The Morgan fingerprint density at radius 3 is 2.47 bits per heavy atom. The van der Waals surface area contributed by atoms with Crippen LogP contribution in [0.25, 0.3) is 0 Å². The number of hydrogen-bond acceptors (Lipinski definition) is 7. The lowest BCUT2D eigenvalue weighted by Gasteiger charge is -2.34. The highest BCUT2D eigenvalue weighted by atomic mass is 16.6. The van der Waals surface area contributed by atoms with Gasteiger partial charge in [-0.05, 0) is 41.5 Å². The van der Waals surface area contributed by atoms with E-state index in [9.17, 15) is 19.2 Å². The molecule has 0 aromatic carbocycles.